The van der Waals surface area contributed by atoms with Crippen molar-refractivity contribution in [3.63, 3.8) is 0 Å². The minimum absolute atomic E-state index is 0.205. The Balaban J connectivity index is 1.89. The van der Waals surface area contributed by atoms with Crippen LogP contribution < -0.4 is 4.72 Å². The van der Waals surface area contributed by atoms with E-state index < -0.39 is 16.1 Å². The van der Waals surface area contributed by atoms with Crippen LogP contribution in [0.25, 0.3) is 0 Å². The van der Waals surface area contributed by atoms with E-state index in [2.05, 4.69) is 20.7 Å². The van der Waals surface area contributed by atoms with Crippen LogP contribution in [0.2, 0.25) is 0 Å². The van der Waals surface area contributed by atoms with Gasteiger partial charge in [0.1, 0.15) is 4.21 Å². The van der Waals surface area contributed by atoms with Crippen molar-refractivity contribution in [2.24, 2.45) is 0 Å². The quantitative estimate of drug-likeness (QED) is 0.807. The van der Waals surface area contributed by atoms with Gasteiger partial charge in [0.15, 0.2) is 0 Å². The lowest BCUT2D eigenvalue weighted by Gasteiger charge is -2.09. The van der Waals surface area contributed by atoms with Crippen molar-refractivity contribution in [3.05, 3.63) is 38.3 Å². The highest BCUT2D eigenvalue weighted by Crippen LogP contribution is 2.26. The summed E-state index contributed by atoms with van der Waals surface area (Å²) in [5.74, 6) is 0. The average Bonchev–Trinajstić information content (AvgIpc) is 2.99. The molecule has 0 aliphatic heterocycles. The first-order chi connectivity index (χ1) is 8.99. The van der Waals surface area contributed by atoms with Gasteiger partial charge in [0.25, 0.3) is 0 Å². The molecule has 2 N–H and O–H groups in total. The van der Waals surface area contributed by atoms with Gasteiger partial charge in [-0.1, -0.05) is 6.07 Å². The molecule has 0 amide bonds. The number of nitrogens with one attached hydrogen (secondary N) is 1. The highest BCUT2D eigenvalue weighted by Gasteiger charge is 2.17. The number of thiophene rings is 2. The van der Waals surface area contributed by atoms with Gasteiger partial charge < -0.3 is 5.11 Å². The number of halogens is 1. The second-order valence-corrected chi connectivity index (χ2v) is 9.21. The summed E-state index contributed by atoms with van der Waals surface area (Å²) in [6.45, 7) is 0.205. The first-order valence-corrected chi connectivity index (χ1v) is 9.43. The number of rotatable bonds is 6. The van der Waals surface area contributed by atoms with E-state index in [1.54, 1.807) is 12.1 Å². The summed E-state index contributed by atoms with van der Waals surface area (Å²) in [7, 11) is -3.47. The zero-order valence-corrected chi connectivity index (χ0v) is 13.8. The molecule has 0 unspecified atom stereocenters. The van der Waals surface area contributed by atoms with Crippen LogP contribution in [0.4, 0.5) is 0 Å². The van der Waals surface area contributed by atoms with Crippen molar-refractivity contribution in [1.82, 2.24) is 4.72 Å². The fraction of sp³-hybridized carbons (Fsp3) is 0.273. The second-order valence-electron chi connectivity index (χ2n) is 3.78. The van der Waals surface area contributed by atoms with Crippen LogP contribution >= 0.6 is 38.6 Å². The minimum atomic E-state index is -3.47. The summed E-state index contributed by atoms with van der Waals surface area (Å²) < 4.78 is 27.4. The van der Waals surface area contributed by atoms with Crippen LogP contribution in [0.5, 0.6) is 0 Å². The van der Waals surface area contributed by atoms with Crippen LogP contribution in [0.3, 0.4) is 0 Å². The molecule has 19 heavy (non-hydrogen) atoms. The van der Waals surface area contributed by atoms with Gasteiger partial charge >= 0.3 is 0 Å². The van der Waals surface area contributed by atoms with Gasteiger partial charge in [0.05, 0.1) is 9.89 Å². The van der Waals surface area contributed by atoms with Gasteiger partial charge in [-0.3, -0.25) is 0 Å². The van der Waals surface area contributed by atoms with E-state index in [0.717, 1.165) is 20.0 Å². The van der Waals surface area contributed by atoms with Crippen molar-refractivity contribution in [2.75, 3.05) is 6.54 Å². The Kier molecular flexibility index (Phi) is 5.15. The molecule has 0 aliphatic carbocycles. The molecule has 4 nitrogen and oxygen atoms in total. The van der Waals surface area contributed by atoms with E-state index in [1.165, 1.54) is 11.3 Å². The van der Waals surface area contributed by atoms with Gasteiger partial charge in [-0.25, -0.2) is 13.1 Å². The smallest absolute Gasteiger partial charge is 0.250 e. The molecule has 0 spiro atoms. The van der Waals surface area contributed by atoms with Crippen molar-refractivity contribution >= 4 is 48.6 Å². The lowest BCUT2D eigenvalue weighted by molar-refractivity contribution is 0.173. The van der Waals surface area contributed by atoms with E-state index >= 15 is 0 Å². The molecule has 0 aliphatic rings. The van der Waals surface area contributed by atoms with E-state index in [1.807, 2.05) is 17.5 Å². The Morgan fingerprint density at radius 3 is 2.74 bits per heavy atom. The summed E-state index contributed by atoms with van der Waals surface area (Å²) >= 11 is 5.84. The largest absolute Gasteiger partial charge is 0.388 e. The lowest BCUT2D eigenvalue weighted by Crippen LogP contribution is -2.25. The molecule has 1 atom stereocenters. The van der Waals surface area contributed by atoms with E-state index in [-0.39, 0.29) is 10.8 Å². The normalized spacial score (nSPS) is 13.6. The van der Waals surface area contributed by atoms with Crippen molar-refractivity contribution in [1.29, 1.82) is 0 Å². The van der Waals surface area contributed by atoms with Crippen LogP contribution in [0.1, 0.15) is 17.4 Å². The summed E-state index contributed by atoms with van der Waals surface area (Å²) in [6.07, 6.45) is -0.274. The Morgan fingerprint density at radius 2 is 2.16 bits per heavy atom. The summed E-state index contributed by atoms with van der Waals surface area (Å²) in [6, 6.07) is 6.93. The van der Waals surface area contributed by atoms with Gasteiger partial charge in [-0.15, -0.1) is 22.7 Å². The molecule has 0 bridgehead atoms. The maximum absolute atomic E-state index is 11.9. The Hall–Kier alpha value is -0.250. The predicted octanol–water partition coefficient (Wildman–Crippen LogP) is 2.97. The third-order valence-corrected chi connectivity index (χ3v) is 6.94. The second kappa shape index (κ2) is 6.47. The molecule has 2 heterocycles. The van der Waals surface area contributed by atoms with Crippen LogP contribution in [0.15, 0.2) is 37.6 Å². The molecule has 0 radical (unpaired) electrons. The van der Waals surface area contributed by atoms with Crippen molar-refractivity contribution in [3.8, 4) is 0 Å². The number of aliphatic hydroxyl groups is 1. The molecule has 8 heteroatoms. The molecule has 2 rings (SSSR count). The molecule has 0 saturated heterocycles. The standard InChI is InChI=1S/C11H12BrNO3S3/c12-10-3-4-11(18-10)19(15,16)13-6-5-8(14)9-2-1-7-17-9/h1-4,7-8,13-14H,5-6H2/t8-/m0/s1. The topological polar surface area (TPSA) is 66.4 Å². The maximum Gasteiger partial charge on any atom is 0.250 e. The molecular formula is C11H12BrNO3S3. The van der Waals surface area contributed by atoms with Gasteiger partial charge in [-0.2, -0.15) is 0 Å². The monoisotopic (exact) mass is 381 g/mol. The van der Waals surface area contributed by atoms with Crippen LogP contribution in [-0.4, -0.2) is 20.1 Å². The van der Waals surface area contributed by atoms with Crippen LogP contribution in [0, 0.1) is 0 Å². The predicted molar refractivity (Wildman–Crippen MR) is 81.1 cm³/mol. The molecule has 0 saturated carbocycles. The molecular weight excluding hydrogens is 370 g/mol. The zero-order valence-electron chi connectivity index (χ0n) is 9.74. The fourth-order valence-corrected chi connectivity index (χ4v) is 5.31. The van der Waals surface area contributed by atoms with Gasteiger partial charge in [0, 0.05) is 11.4 Å². The first-order valence-electron chi connectivity index (χ1n) is 5.45. The molecule has 0 fully saturated rings. The number of hydrogen-bond acceptors (Lipinski definition) is 5. The Bertz CT molecular complexity index is 621. The SMILES string of the molecule is O=S(=O)(NCC[C@H](O)c1cccs1)c1ccc(Br)s1. The summed E-state index contributed by atoms with van der Waals surface area (Å²) in [5.41, 5.74) is 0. The third kappa shape index (κ3) is 4.11. The number of hydrogen-bond donors (Lipinski definition) is 2. The van der Waals surface area contributed by atoms with Gasteiger partial charge in [0.2, 0.25) is 10.0 Å². The Labute approximate surface area is 128 Å². The van der Waals surface area contributed by atoms with E-state index in [4.69, 9.17) is 0 Å². The first kappa shape index (κ1) is 15.1. The summed E-state index contributed by atoms with van der Waals surface area (Å²) in [4.78, 5) is 0.845. The highest BCUT2D eigenvalue weighted by atomic mass is 79.9. The summed E-state index contributed by atoms with van der Waals surface area (Å²) in [5, 5.41) is 11.7. The van der Waals surface area contributed by atoms with Gasteiger partial charge in [-0.05, 0) is 45.9 Å². The maximum atomic E-state index is 11.9. The molecule has 2 aromatic heterocycles. The minimum Gasteiger partial charge on any atom is -0.388 e. The third-order valence-electron chi connectivity index (χ3n) is 2.39. The van der Waals surface area contributed by atoms with E-state index in [9.17, 15) is 13.5 Å². The van der Waals surface area contributed by atoms with E-state index in [0.29, 0.717) is 6.42 Å². The molecule has 2 aromatic rings. The number of aliphatic hydroxyl groups excluding tert-OH is 1. The fourth-order valence-electron chi connectivity index (χ4n) is 1.47. The Morgan fingerprint density at radius 1 is 1.37 bits per heavy atom. The molecule has 0 aromatic carbocycles. The zero-order chi connectivity index (χ0) is 13.9. The highest BCUT2D eigenvalue weighted by molar-refractivity contribution is 9.11. The number of sulfonamides is 1. The average molecular weight is 382 g/mol. The lowest BCUT2D eigenvalue weighted by atomic mass is 10.2. The van der Waals surface area contributed by atoms with Crippen LogP contribution in [-0.2, 0) is 10.0 Å². The van der Waals surface area contributed by atoms with Crippen molar-refractivity contribution in [2.45, 2.75) is 16.7 Å². The molecule has 104 valence electrons. The van der Waals surface area contributed by atoms with Crippen molar-refractivity contribution < 1.29 is 13.5 Å².